The first-order valence-electron chi connectivity index (χ1n) is 28.8. The smallest absolute Gasteiger partial charge is 0.323 e. The number of nitrogens with one attached hydrogen (secondary N) is 1. The van der Waals surface area contributed by atoms with Crippen LogP contribution in [0.3, 0.4) is 0 Å². The first kappa shape index (κ1) is 63.5. The Morgan fingerprint density at radius 3 is 1.27 bits per heavy atom. The highest BCUT2D eigenvalue weighted by atomic mass is 32.2. The van der Waals surface area contributed by atoms with E-state index in [0.29, 0.717) is 80.6 Å². The number of carbonyl (C=O) groups is 3. The van der Waals surface area contributed by atoms with Gasteiger partial charge in [0.2, 0.25) is 20.0 Å². The van der Waals surface area contributed by atoms with Crippen LogP contribution in [0.2, 0.25) is 0 Å². The molecule has 4 aliphatic rings. The number of sulfonamides is 3. The molecule has 476 valence electrons. The lowest BCUT2D eigenvalue weighted by molar-refractivity contribution is -0.138. The molecule has 0 unspecified atom stereocenters. The maximum Gasteiger partial charge on any atom is 0.323 e. The molecule has 3 aliphatic heterocycles. The van der Waals surface area contributed by atoms with Gasteiger partial charge in [-0.15, -0.1) is 4.40 Å². The number of hydrogen-bond donors (Lipinski definition) is 4. The van der Waals surface area contributed by atoms with E-state index in [4.69, 9.17) is 0 Å². The Bertz CT molecular complexity index is 4920. The van der Waals surface area contributed by atoms with E-state index in [9.17, 15) is 68.1 Å². The highest BCUT2D eigenvalue weighted by Crippen LogP contribution is 2.41. The summed E-state index contributed by atoms with van der Waals surface area (Å²) in [6.07, 6.45) is 3.05. The Kier molecular flexibility index (Phi) is 16.7. The van der Waals surface area contributed by atoms with E-state index in [1.54, 1.807) is 86.5 Å². The molecule has 4 N–H and O–H groups in total. The van der Waals surface area contributed by atoms with Gasteiger partial charge in [0.05, 0.1) is 30.4 Å². The third-order valence-corrected chi connectivity index (χ3v) is 22.2. The van der Waals surface area contributed by atoms with Crippen molar-refractivity contribution in [2.24, 2.45) is 4.40 Å². The van der Waals surface area contributed by atoms with Crippen LogP contribution in [0.1, 0.15) is 70.2 Å². The van der Waals surface area contributed by atoms with Crippen molar-refractivity contribution < 1.29 is 68.1 Å². The van der Waals surface area contributed by atoms with E-state index >= 15 is 0 Å². The molecule has 0 atom stereocenters. The summed E-state index contributed by atoms with van der Waals surface area (Å²) in [7, 11) is -5.54. The molecule has 1 saturated carbocycles. The Morgan fingerprint density at radius 1 is 0.505 bits per heavy atom. The van der Waals surface area contributed by atoms with Crippen molar-refractivity contribution in [1.29, 1.82) is 0 Å². The lowest BCUT2D eigenvalue weighted by atomic mass is 10.0. The molecule has 21 nitrogen and oxygen atoms in total. The Hall–Kier alpha value is -9.02. The number of benzene rings is 6. The molecule has 0 amide bonds. The van der Waals surface area contributed by atoms with E-state index in [2.05, 4.69) is 9.71 Å². The van der Waals surface area contributed by atoms with Crippen LogP contribution in [0.25, 0.3) is 32.7 Å². The predicted molar refractivity (Wildman–Crippen MR) is 338 cm³/mol. The second-order valence-corrected chi connectivity index (χ2v) is 28.7. The fourth-order valence-electron chi connectivity index (χ4n) is 12.5. The minimum absolute atomic E-state index is 0.0909. The average Bonchev–Trinajstić information content (AvgIpc) is 1.71. The first-order valence-corrected chi connectivity index (χ1v) is 33.1. The number of aliphatic carboxylic acids is 3. The molecule has 9 aromatic rings. The van der Waals surface area contributed by atoms with E-state index < -0.39 is 59.6 Å². The number of carboxylic acid groups (broad SMARTS) is 3. The molecule has 6 aromatic carbocycles. The summed E-state index contributed by atoms with van der Waals surface area (Å²) in [4.78, 5) is 38.4. The number of nitrogens with zero attached hydrogens (tertiary/aromatic N) is 8. The molecular weight excluding hydrogens is 1240 g/mol. The van der Waals surface area contributed by atoms with Crippen LogP contribution in [0.5, 0.6) is 0 Å². The summed E-state index contributed by atoms with van der Waals surface area (Å²) in [6.45, 7) is 6.94. The van der Waals surface area contributed by atoms with E-state index in [0.717, 1.165) is 63.3 Å². The van der Waals surface area contributed by atoms with Crippen molar-refractivity contribution in [3.8, 4) is 0 Å². The lowest BCUT2D eigenvalue weighted by Crippen LogP contribution is -2.45. The summed E-state index contributed by atoms with van der Waals surface area (Å²) >= 11 is 0. The van der Waals surface area contributed by atoms with E-state index in [1.807, 2.05) is 49.9 Å². The van der Waals surface area contributed by atoms with Crippen LogP contribution in [0, 0.1) is 38.2 Å². The number of halogens is 3. The number of fused-ring (bicyclic) bond motifs is 6. The average molecular weight is 1300 g/mol. The normalized spacial score (nSPS) is 16.4. The summed E-state index contributed by atoms with van der Waals surface area (Å²) < 4.78 is 129. The quantitative estimate of drug-likeness (QED) is 0.0837. The molecular formula is C64H64F3N9O12S3. The molecule has 1 fully saturated rings. The zero-order valence-electron chi connectivity index (χ0n) is 50.5. The molecule has 0 bridgehead atoms. The summed E-state index contributed by atoms with van der Waals surface area (Å²) in [5.74, 6) is -3.84. The van der Waals surface area contributed by atoms with Gasteiger partial charge in [-0.3, -0.25) is 14.4 Å². The Morgan fingerprint density at radius 2 is 0.879 bits per heavy atom. The van der Waals surface area contributed by atoms with Crippen LogP contribution in [0.15, 0.2) is 128 Å². The maximum absolute atomic E-state index is 14.0. The minimum Gasteiger partial charge on any atom is -0.480 e. The molecule has 6 heterocycles. The van der Waals surface area contributed by atoms with Gasteiger partial charge in [0.25, 0.3) is 10.0 Å². The van der Waals surface area contributed by atoms with Crippen LogP contribution >= 0.6 is 0 Å². The number of carboxylic acids is 3. The second kappa shape index (κ2) is 24.0. The van der Waals surface area contributed by atoms with Crippen molar-refractivity contribution in [3.63, 3.8) is 0 Å². The second-order valence-electron chi connectivity index (χ2n) is 23.3. The zero-order chi connectivity index (χ0) is 65.5. The number of rotatable bonds is 13. The van der Waals surface area contributed by atoms with Crippen LogP contribution in [0.4, 0.5) is 30.2 Å². The van der Waals surface area contributed by atoms with Crippen molar-refractivity contribution in [1.82, 2.24) is 22.3 Å². The summed E-state index contributed by atoms with van der Waals surface area (Å²) in [5, 5.41) is 32.8. The zero-order valence-corrected chi connectivity index (χ0v) is 52.9. The molecule has 91 heavy (non-hydrogen) atoms. The van der Waals surface area contributed by atoms with Gasteiger partial charge in [-0.05, 0) is 184 Å². The number of anilines is 3. The highest BCUT2D eigenvalue weighted by molar-refractivity contribution is 7.90. The molecule has 0 spiro atoms. The third-order valence-electron chi connectivity index (χ3n) is 17.0. The van der Waals surface area contributed by atoms with Crippen LogP contribution in [-0.2, 0) is 83.4 Å². The maximum atomic E-state index is 14.0. The molecule has 13 rings (SSSR count). The topological polar surface area (TPSA) is 266 Å². The lowest BCUT2D eigenvalue weighted by Gasteiger charge is -2.35. The van der Waals surface area contributed by atoms with Crippen molar-refractivity contribution in [2.45, 2.75) is 100 Å². The molecule has 27 heteroatoms. The van der Waals surface area contributed by atoms with Crippen molar-refractivity contribution in [3.05, 3.63) is 177 Å². The third kappa shape index (κ3) is 12.3. The Balaban J connectivity index is 0.000000140. The van der Waals surface area contributed by atoms with Crippen molar-refractivity contribution >= 4 is 104 Å². The fraction of sp³-hybridized carbons (Fsp3) is 0.281. The molecule has 3 aromatic heterocycles. The van der Waals surface area contributed by atoms with Crippen molar-refractivity contribution in [2.75, 3.05) is 49.6 Å². The minimum atomic E-state index is -3.73. The van der Waals surface area contributed by atoms with Gasteiger partial charge in [0.15, 0.2) is 0 Å². The van der Waals surface area contributed by atoms with E-state index in [-0.39, 0.29) is 53.8 Å². The van der Waals surface area contributed by atoms with Gasteiger partial charge < -0.3 is 44.1 Å². The van der Waals surface area contributed by atoms with Gasteiger partial charge in [-0.1, -0.05) is 18.2 Å². The van der Waals surface area contributed by atoms with E-state index in [1.165, 1.54) is 53.8 Å². The number of hydrogen-bond acceptors (Lipinski definition) is 12. The number of amidine groups is 1. The van der Waals surface area contributed by atoms with Gasteiger partial charge in [0.1, 0.15) is 57.6 Å². The monoisotopic (exact) mass is 1300 g/mol. The van der Waals surface area contributed by atoms with Gasteiger partial charge >= 0.3 is 17.9 Å². The summed E-state index contributed by atoms with van der Waals surface area (Å²) in [5.41, 5.74) is 10.9. The van der Waals surface area contributed by atoms with Crippen LogP contribution in [-0.4, -0.2) is 127 Å². The van der Waals surface area contributed by atoms with Crippen LogP contribution < -0.4 is 15.1 Å². The SMILES string of the molecule is CC1=NS(=O)(=O)c2ccc(Cc3c(C)n(CC(=O)O)c4ccc(F)cc34)cc2N1.Cc1c(Cc2ccc3c(c2)N(C)CN(C)S3(=O)=O)c2cc(F)ccc2n1CC(=O)O.Cc1c(Cc2ccc3c(c2)N(C)CN(C2CC2)S3(=O)=O)c2cc(F)ccc2n1CC(=O)O. The first-order chi connectivity index (χ1) is 42.9. The summed E-state index contributed by atoms with van der Waals surface area (Å²) in [6, 6.07) is 28.5. The molecule has 1 aliphatic carbocycles. The predicted octanol–water partition coefficient (Wildman–Crippen LogP) is 9.41. The largest absolute Gasteiger partial charge is 0.480 e. The highest BCUT2D eigenvalue weighted by Gasteiger charge is 2.43. The molecule has 0 radical (unpaired) electrons. The van der Waals surface area contributed by atoms with Gasteiger partial charge in [-0.25, -0.2) is 30.0 Å². The van der Waals surface area contributed by atoms with Gasteiger partial charge in [-0.2, -0.15) is 17.0 Å². The Labute approximate surface area is 522 Å². The fourth-order valence-corrected chi connectivity index (χ4v) is 16.9. The number of aromatic nitrogens is 3. The molecule has 0 saturated heterocycles. The van der Waals surface area contributed by atoms with Gasteiger partial charge in [0, 0.05) is 77.0 Å². The standard InChI is InChI=1S/C23H24FN3O4S.C21H22FN3O4S.C20H18FN3O4S/c1-14-18(19-11-16(24)4-7-20(19)26(14)12-23(28)29)9-15-3-8-22-21(10-15)25(2)13-27(17-5-6-17)32(22,30)31;1-13-16(17-10-15(22)5-6-18(17)25(13)11-21(26)27)8-14-4-7-20-19(9-14)23(2)12-24(3)30(20,28)29;1-11-15(16-9-14(21)4-5-18(16)24(11)10-20(25)26)7-13-3-6-19-17(8-13)22-12(2)23-29(19,27)28/h3-4,7-8,10-11,17H,5-6,9,12-13H2,1-2H3,(H,28,29);4-7,9-10H,8,11-12H2,1-3H3,(H,26,27);3-6,8-9H,7,10H2,1-2H3,(H,22,23)(H,25,26).